The number of para-hydroxylation sites is 1. The summed E-state index contributed by atoms with van der Waals surface area (Å²) in [4.78, 5) is 16.5. The van der Waals surface area contributed by atoms with Gasteiger partial charge in [-0.05, 0) is 13.1 Å². The van der Waals surface area contributed by atoms with E-state index in [1.165, 1.54) is 0 Å². The Kier molecular flexibility index (Phi) is 7.50. The number of likely N-dealkylation sites (N-methyl/N-ethyl adjacent to an activating group) is 1. The average Bonchev–Trinajstić information content (AvgIpc) is 3.22. The van der Waals surface area contributed by atoms with Crippen LogP contribution in [-0.4, -0.2) is 82.5 Å². The predicted molar refractivity (Wildman–Crippen MR) is 113 cm³/mol. The largest absolute Gasteiger partial charge is 0.496 e. The number of carbonyl (C=O) groups excluding carboxylic acids is 1. The summed E-state index contributed by atoms with van der Waals surface area (Å²) >= 11 is 1.88. The Morgan fingerprint density at radius 3 is 2.89 bits per heavy atom. The first-order valence-corrected chi connectivity index (χ1v) is 10.6. The third kappa shape index (κ3) is 5.59. The minimum absolute atomic E-state index is 0.0142. The number of hydrogen-bond acceptors (Lipinski definition) is 6. The molecule has 0 aliphatic carbocycles. The Bertz CT molecular complexity index is 801. The number of carbonyl (C=O) groups is 1. The van der Waals surface area contributed by atoms with Gasteiger partial charge in [-0.2, -0.15) is 11.8 Å². The molecular weight excluding hydrogens is 374 g/mol. The molecule has 7 nitrogen and oxygen atoms in total. The van der Waals surface area contributed by atoms with Crippen LogP contribution in [0.2, 0.25) is 0 Å². The van der Waals surface area contributed by atoms with E-state index in [0.717, 1.165) is 49.0 Å². The predicted octanol–water partition coefficient (Wildman–Crippen LogP) is 2.12. The van der Waals surface area contributed by atoms with E-state index in [0.29, 0.717) is 12.2 Å². The minimum atomic E-state index is -0.0142. The maximum Gasteiger partial charge on any atom is 0.276 e. The molecule has 0 unspecified atom stereocenters. The van der Waals surface area contributed by atoms with Gasteiger partial charge in [-0.1, -0.05) is 35.6 Å². The van der Waals surface area contributed by atoms with Crippen LogP contribution in [0.4, 0.5) is 0 Å². The van der Waals surface area contributed by atoms with Gasteiger partial charge in [0.25, 0.3) is 5.91 Å². The van der Waals surface area contributed by atoms with Crippen molar-refractivity contribution in [1.82, 2.24) is 24.8 Å². The van der Waals surface area contributed by atoms with Crippen molar-refractivity contribution in [2.45, 2.75) is 6.54 Å². The van der Waals surface area contributed by atoms with E-state index in [4.69, 9.17) is 4.74 Å². The molecule has 8 heteroatoms. The Hall–Kier alpha value is -2.32. The highest BCUT2D eigenvalue weighted by molar-refractivity contribution is 7.99. The molecule has 0 atom stereocenters. The van der Waals surface area contributed by atoms with Gasteiger partial charge in [-0.15, -0.1) is 5.10 Å². The van der Waals surface area contributed by atoms with Crippen LogP contribution in [0.3, 0.4) is 0 Å². The molecule has 28 heavy (non-hydrogen) atoms. The number of nitrogens with zero attached hydrogens (tertiary/aromatic N) is 5. The van der Waals surface area contributed by atoms with Crippen molar-refractivity contribution in [2.75, 3.05) is 51.8 Å². The molecule has 0 bridgehead atoms. The molecule has 3 rings (SSSR count). The molecule has 0 radical (unpaired) electrons. The first-order chi connectivity index (χ1) is 13.7. The summed E-state index contributed by atoms with van der Waals surface area (Å²) in [5, 5.41) is 8.17. The lowest BCUT2D eigenvalue weighted by atomic mass is 10.2. The van der Waals surface area contributed by atoms with Gasteiger partial charge in [0.2, 0.25) is 0 Å². The molecule has 1 aromatic heterocycles. The molecule has 0 saturated carbocycles. The number of rotatable bonds is 8. The number of methoxy groups -OCH3 is 1. The van der Waals surface area contributed by atoms with Crippen molar-refractivity contribution in [2.24, 2.45) is 0 Å². The van der Waals surface area contributed by atoms with Crippen LogP contribution < -0.4 is 4.74 Å². The van der Waals surface area contributed by atoms with Crippen LogP contribution >= 0.6 is 11.8 Å². The molecule has 0 N–H and O–H groups in total. The molecule has 2 aromatic rings. The van der Waals surface area contributed by atoms with Crippen LogP contribution in [0.15, 0.2) is 36.5 Å². The highest BCUT2D eigenvalue weighted by Gasteiger charge is 2.21. The number of aromatic nitrogens is 3. The van der Waals surface area contributed by atoms with Crippen LogP contribution in [0.5, 0.6) is 5.75 Å². The highest BCUT2D eigenvalue weighted by atomic mass is 32.2. The molecule has 2 heterocycles. The molecule has 1 aliphatic heterocycles. The fraction of sp³-hybridized carbons (Fsp3) is 0.450. The second-order valence-electron chi connectivity index (χ2n) is 6.68. The van der Waals surface area contributed by atoms with E-state index in [-0.39, 0.29) is 5.91 Å². The maximum absolute atomic E-state index is 12.5. The van der Waals surface area contributed by atoms with Crippen molar-refractivity contribution in [3.63, 3.8) is 0 Å². The zero-order chi connectivity index (χ0) is 19.8. The summed E-state index contributed by atoms with van der Waals surface area (Å²) in [6, 6.07) is 7.95. The van der Waals surface area contributed by atoms with Crippen LogP contribution in [0.1, 0.15) is 16.1 Å². The summed E-state index contributed by atoms with van der Waals surface area (Å²) in [6.45, 7) is 3.89. The number of benzene rings is 1. The molecule has 1 aliphatic rings. The highest BCUT2D eigenvalue weighted by Crippen LogP contribution is 2.18. The first-order valence-electron chi connectivity index (χ1n) is 9.42. The number of amides is 1. The van der Waals surface area contributed by atoms with Crippen molar-refractivity contribution in [3.8, 4) is 5.75 Å². The fourth-order valence-corrected chi connectivity index (χ4v) is 3.87. The standard InChI is InChI=1S/C20H27N5O2S/c1-23(9-5-7-17-6-3-4-8-19(17)27-2)10-11-25-16-18(21-22-25)20(26)24-12-14-28-15-13-24/h3-8,16H,9-15H2,1-2H3. The molecule has 1 fully saturated rings. The fourth-order valence-electron chi connectivity index (χ4n) is 2.96. The van der Waals surface area contributed by atoms with Crippen molar-refractivity contribution < 1.29 is 9.53 Å². The lowest BCUT2D eigenvalue weighted by molar-refractivity contribution is 0.0766. The Morgan fingerprint density at radius 1 is 1.32 bits per heavy atom. The average molecular weight is 402 g/mol. The summed E-state index contributed by atoms with van der Waals surface area (Å²) in [7, 11) is 3.74. The molecule has 1 saturated heterocycles. The van der Waals surface area contributed by atoms with Gasteiger partial charge in [0.05, 0.1) is 19.9 Å². The molecule has 1 aromatic carbocycles. The normalized spacial score (nSPS) is 14.8. The molecular formula is C20H27N5O2S. The summed E-state index contributed by atoms with van der Waals surface area (Å²) in [5.41, 5.74) is 1.50. The van der Waals surface area contributed by atoms with Crippen LogP contribution in [0.25, 0.3) is 6.08 Å². The lowest BCUT2D eigenvalue weighted by Crippen LogP contribution is -2.38. The summed E-state index contributed by atoms with van der Waals surface area (Å²) in [5.74, 6) is 2.84. The second kappa shape index (κ2) is 10.3. The van der Waals surface area contributed by atoms with E-state index in [2.05, 4.69) is 34.4 Å². The summed E-state index contributed by atoms with van der Waals surface area (Å²) in [6.07, 6.45) is 5.93. The summed E-state index contributed by atoms with van der Waals surface area (Å²) < 4.78 is 7.10. The zero-order valence-electron chi connectivity index (χ0n) is 16.5. The van der Waals surface area contributed by atoms with Crippen LogP contribution in [-0.2, 0) is 6.54 Å². The number of thioether (sulfide) groups is 1. The van der Waals surface area contributed by atoms with Gasteiger partial charge in [0.15, 0.2) is 5.69 Å². The zero-order valence-corrected chi connectivity index (χ0v) is 17.3. The minimum Gasteiger partial charge on any atom is -0.496 e. The van der Waals surface area contributed by atoms with Gasteiger partial charge in [-0.25, -0.2) is 0 Å². The monoisotopic (exact) mass is 401 g/mol. The maximum atomic E-state index is 12.5. The van der Waals surface area contributed by atoms with E-state index in [1.807, 2.05) is 40.9 Å². The third-order valence-electron chi connectivity index (χ3n) is 4.62. The van der Waals surface area contributed by atoms with Crippen molar-refractivity contribution in [3.05, 3.63) is 47.8 Å². The Balaban J connectivity index is 1.46. The molecule has 150 valence electrons. The van der Waals surface area contributed by atoms with Crippen LogP contribution in [0, 0.1) is 0 Å². The smallest absolute Gasteiger partial charge is 0.276 e. The molecule has 1 amide bonds. The van der Waals surface area contributed by atoms with Gasteiger partial charge in [-0.3, -0.25) is 9.48 Å². The third-order valence-corrected chi connectivity index (χ3v) is 5.56. The van der Waals surface area contributed by atoms with Crippen molar-refractivity contribution >= 4 is 23.7 Å². The van der Waals surface area contributed by atoms with E-state index >= 15 is 0 Å². The topological polar surface area (TPSA) is 63.5 Å². The van der Waals surface area contributed by atoms with Crippen molar-refractivity contribution in [1.29, 1.82) is 0 Å². The SMILES string of the molecule is COc1ccccc1C=CCN(C)CCn1cc(C(=O)N2CCSCC2)nn1. The van der Waals surface area contributed by atoms with Gasteiger partial charge < -0.3 is 14.5 Å². The number of ether oxygens (including phenoxy) is 1. The first kappa shape index (κ1) is 20.4. The van der Waals surface area contributed by atoms with E-state index < -0.39 is 0 Å². The second-order valence-corrected chi connectivity index (χ2v) is 7.90. The van der Waals surface area contributed by atoms with E-state index in [1.54, 1.807) is 18.0 Å². The number of hydrogen-bond donors (Lipinski definition) is 0. The lowest BCUT2D eigenvalue weighted by Gasteiger charge is -2.25. The van der Waals surface area contributed by atoms with Gasteiger partial charge in [0.1, 0.15) is 5.75 Å². The quantitative estimate of drug-likeness (QED) is 0.675. The molecule has 0 spiro atoms. The van der Waals surface area contributed by atoms with Gasteiger partial charge >= 0.3 is 0 Å². The Morgan fingerprint density at radius 2 is 2.11 bits per heavy atom. The Labute approximate surface area is 170 Å². The van der Waals surface area contributed by atoms with E-state index in [9.17, 15) is 4.79 Å². The van der Waals surface area contributed by atoms with Gasteiger partial charge in [0, 0.05) is 43.2 Å².